The Balaban J connectivity index is 3.86. The molecule has 3 nitrogen and oxygen atoms in total. The number of aliphatic hydroxyl groups is 2. The van der Waals surface area contributed by atoms with Gasteiger partial charge in [0.1, 0.15) is 0 Å². The largest absolute Gasteiger partial charge is 0.390 e. The number of rotatable bonds is 9. The summed E-state index contributed by atoms with van der Waals surface area (Å²) in [5, 5.41) is 19.4. The summed E-state index contributed by atoms with van der Waals surface area (Å²) in [4.78, 5) is 10.8. The minimum Gasteiger partial charge on any atom is -0.390 e. The fraction of sp³-hybridized carbons (Fsp3) is 0.588. The van der Waals surface area contributed by atoms with Crippen LogP contribution >= 0.6 is 0 Å². The molecule has 0 radical (unpaired) electrons. The maximum atomic E-state index is 10.8. The van der Waals surface area contributed by atoms with Gasteiger partial charge in [0, 0.05) is 6.42 Å². The summed E-state index contributed by atoms with van der Waals surface area (Å²) in [6.07, 6.45) is 5.84. The third kappa shape index (κ3) is 10.4. The summed E-state index contributed by atoms with van der Waals surface area (Å²) in [7, 11) is 0. The second-order valence-electron chi connectivity index (χ2n) is 4.66. The molecule has 3 heteroatoms. The van der Waals surface area contributed by atoms with E-state index in [0.717, 1.165) is 18.9 Å². The molecule has 0 heterocycles. The van der Waals surface area contributed by atoms with Crippen molar-refractivity contribution in [2.75, 3.05) is 0 Å². The average molecular weight is 276 g/mol. The van der Waals surface area contributed by atoms with Crippen LogP contribution in [0.2, 0.25) is 0 Å². The molecule has 2 N–H and O–H groups in total. The van der Waals surface area contributed by atoms with E-state index in [1.807, 2.05) is 0 Å². The SMILES string of the molecule is C=CC(=O)C#CC#CC[C@@H](O)[C@H](O)CCCCCCC. The number of carbonyl (C=O) groups excluding carboxylic acids is 1. The predicted molar refractivity (Wildman–Crippen MR) is 80.8 cm³/mol. The van der Waals surface area contributed by atoms with Gasteiger partial charge in [-0.1, -0.05) is 51.5 Å². The lowest BCUT2D eigenvalue weighted by molar-refractivity contribution is -0.109. The van der Waals surface area contributed by atoms with Gasteiger partial charge in [0.15, 0.2) is 0 Å². The Morgan fingerprint density at radius 1 is 1.15 bits per heavy atom. The second-order valence-corrected chi connectivity index (χ2v) is 4.66. The van der Waals surface area contributed by atoms with Gasteiger partial charge in [0.2, 0.25) is 5.78 Å². The fourth-order valence-corrected chi connectivity index (χ4v) is 1.63. The zero-order valence-electron chi connectivity index (χ0n) is 12.2. The number of allylic oxidation sites excluding steroid dienone is 1. The molecule has 2 atom stereocenters. The quantitative estimate of drug-likeness (QED) is 0.294. The van der Waals surface area contributed by atoms with Gasteiger partial charge >= 0.3 is 0 Å². The van der Waals surface area contributed by atoms with Gasteiger partial charge in [-0.2, -0.15) is 0 Å². The number of carbonyl (C=O) groups is 1. The molecule has 0 unspecified atom stereocenters. The Morgan fingerprint density at radius 3 is 2.50 bits per heavy atom. The number of hydrogen-bond acceptors (Lipinski definition) is 3. The van der Waals surface area contributed by atoms with Gasteiger partial charge in [0.05, 0.1) is 12.2 Å². The molecule has 0 aliphatic carbocycles. The van der Waals surface area contributed by atoms with Crippen molar-refractivity contribution < 1.29 is 15.0 Å². The van der Waals surface area contributed by atoms with Crippen LogP contribution in [0.15, 0.2) is 12.7 Å². The molecule has 0 aliphatic heterocycles. The highest BCUT2D eigenvalue weighted by Gasteiger charge is 2.14. The molecule has 0 aromatic carbocycles. The maximum absolute atomic E-state index is 10.8. The molecule has 0 rings (SSSR count). The Morgan fingerprint density at radius 2 is 1.85 bits per heavy atom. The highest BCUT2D eigenvalue weighted by atomic mass is 16.3. The van der Waals surface area contributed by atoms with E-state index >= 15 is 0 Å². The van der Waals surface area contributed by atoms with E-state index in [4.69, 9.17) is 0 Å². The van der Waals surface area contributed by atoms with Crippen LogP contribution in [0.25, 0.3) is 0 Å². The molecule has 0 bridgehead atoms. The van der Waals surface area contributed by atoms with Crippen LogP contribution in [-0.4, -0.2) is 28.2 Å². The van der Waals surface area contributed by atoms with Crippen LogP contribution < -0.4 is 0 Å². The zero-order chi connectivity index (χ0) is 15.2. The molecule has 20 heavy (non-hydrogen) atoms. The molecule has 0 aromatic rings. The fourth-order valence-electron chi connectivity index (χ4n) is 1.63. The van der Waals surface area contributed by atoms with Crippen molar-refractivity contribution in [1.82, 2.24) is 0 Å². The summed E-state index contributed by atoms with van der Waals surface area (Å²) in [5.74, 6) is 9.36. The molecule has 110 valence electrons. The monoisotopic (exact) mass is 276 g/mol. The van der Waals surface area contributed by atoms with Gasteiger partial charge in [-0.05, 0) is 30.3 Å². The van der Waals surface area contributed by atoms with Crippen LogP contribution in [-0.2, 0) is 4.79 Å². The summed E-state index contributed by atoms with van der Waals surface area (Å²) in [6, 6.07) is 0. The third-order valence-corrected chi connectivity index (χ3v) is 2.88. The first-order valence-corrected chi connectivity index (χ1v) is 7.13. The zero-order valence-corrected chi connectivity index (χ0v) is 12.2. The predicted octanol–water partition coefficient (Wildman–Crippen LogP) is 2.22. The molecule has 0 spiro atoms. The highest BCUT2D eigenvalue weighted by Crippen LogP contribution is 2.10. The molecule has 0 amide bonds. The van der Waals surface area contributed by atoms with Crippen molar-refractivity contribution in [3.05, 3.63) is 12.7 Å². The Bertz CT molecular complexity index is 403. The van der Waals surface area contributed by atoms with E-state index in [2.05, 4.69) is 37.2 Å². The molecule has 0 aromatic heterocycles. The van der Waals surface area contributed by atoms with Crippen LogP contribution in [0.1, 0.15) is 51.9 Å². The maximum Gasteiger partial charge on any atom is 0.229 e. The number of unbranched alkanes of at least 4 members (excludes halogenated alkanes) is 4. The lowest BCUT2D eigenvalue weighted by Gasteiger charge is -2.15. The standard InChI is InChI=1S/C17H24O3/c1-3-5-6-7-10-13-16(19)17(20)14-11-8-9-12-15(18)4-2/h4,16-17,19-20H,2-3,5-7,10,13-14H2,1H3/t16-,17-/m1/s1. The normalized spacial score (nSPS) is 12.3. The molecule has 0 fully saturated rings. The molecular weight excluding hydrogens is 252 g/mol. The molecule has 0 aliphatic rings. The van der Waals surface area contributed by atoms with Crippen molar-refractivity contribution in [2.24, 2.45) is 0 Å². The number of ketones is 1. The Kier molecular flexibility index (Phi) is 11.5. The van der Waals surface area contributed by atoms with Crippen molar-refractivity contribution >= 4 is 5.78 Å². The van der Waals surface area contributed by atoms with Gasteiger partial charge in [-0.3, -0.25) is 4.79 Å². The van der Waals surface area contributed by atoms with Crippen LogP contribution in [0.3, 0.4) is 0 Å². The summed E-state index contributed by atoms with van der Waals surface area (Å²) in [6.45, 7) is 5.44. The van der Waals surface area contributed by atoms with E-state index in [1.165, 1.54) is 19.3 Å². The minimum absolute atomic E-state index is 0.160. The Hall–Kier alpha value is -1.55. The third-order valence-electron chi connectivity index (χ3n) is 2.88. The van der Waals surface area contributed by atoms with E-state index in [-0.39, 0.29) is 12.2 Å². The van der Waals surface area contributed by atoms with Crippen molar-refractivity contribution in [2.45, 2.75) is 64.1 Å². The second kappa shape index (κ2) is 12.5. The van der Waals surface area contributed by atoms with Crippen LogP contribution in [0.4, 0.5) is 0 Å². The smallest absolute Gasteiger partial charge is 0.229 e. The Labute approximate surface area is 122 Å². The highest BCUT2D eigenvalue weighted by molar-refractivity contribution is 6.04. The number of aliphatic hydroxyl groups excluding tert-OH is 2. The first-order valence-electron chi connectivity index (χ1n) is 7.13. The first kappa shape index (κ1) is 18.4. The van der Waals surface area contributed by atoms with E-state index < -0.39 is 12.2 Å². The molecule has 0 saturated heterocycles. The van der Waals surface area contributed by atoms with E-state index in [0.29, 0.717) is 6.42 Å². The van der Waals surface area contributed by atoms with E-state index in [1.54, 1.807) is 0 Å². The van der Waals surface area contributed by atoms with Gasteiger partial charge in [-0.15, -0.1) is 0 Å². The average Bonchev–Trinajstić information content (AvgIpc) is 2.45. The lowest BCUT2D eigenvalue weighted by atomic mass is 10.0. The van der Waals surface area contributed by atoms with Gasteiger partial charge in [0.25, 0.3) is 0 Å². The summed E-state index contributed by atoms with van der Waals surface area (Å²) in [5.41, 5.74) is 0. The van der Waals surface area contributed by atoms with Crippen molar-refractivity contribution in [1.29, 1.82) is 0 Å². The molecular formula is C17H24O3. The minimum atomic E-state index is -0.856. The number of hydrogen-bond donors (Lipinski definition) is 2. The summed E-state index contributed by atoms with van der Waals surface area (Å²) >= 11 is 0. The van der Waals surface area contributed by atoms with Crippen molar-refractivity contribution in [3.8, 4) is 23.7 Å². The van der Waals surface area contributed by atoms with Crippen LogP contribution in [0.5, 0.6) is 0 Å². The van der Waals surface area contributed by atoms with Crippen LogP contribution in [0, 0.1) is 23.7 Å². The van der Waals surface area contributed by atoms with E-state index in [9.17, 15) is 15.0 Å². The van der Waals surface area contributed by atoms with Gasteiger partial charge in [-0.25, -0.2) is 0 Å². The molecule has 0 saturated carbocycles. The van der Waals surface area contributed by atoms with Gasteiger partial charge < -0.3 is 10.2 Å². The first-order chi connectivity index (χ1) is 9.61. The topological polar surface area (TPSA) is 57.5 Å². The lowest BCUT2D eigenvalue weighted by Crippen LogP contribution is -2.25. The summed E-state index contributed by atoms with van der Waals surface area (Å²) < 4.78 is 0. The van der Waals surface area contributed by atoms with Crippen molar-refractivity contribution in [3.63, 3.8) is 0 Å².